The van der Waals surface area contributed by atoms with Gasteiger partial charge in [-0.3, -0.25) is 4.79 Å². The first-order chi connectivity index (χ1) is 8.96. The Bertz CT molecular complexity index is 399. The minimum Gasteiger partial charge on any atom is -0.348 e. The van der Waals surface area contributed by atoms with Gasteiger partial charge in [-0.2, -0.15) is 0 Å². The minimum absolute atomic E-state index is 0.0553. The van der Waals surface area contributed by atoms with Crippen LogP contribution in [0.3, 0.4) is 0 Å². The molecular formula is C16H25NOS. The smallest absolute Gasteiger partial charge is 0.221 e. The summed E-state index contributed by atoms with van der Waals surface area (Å²) >= 11 is 1.76. The Kier molecular flexibility index (Phi) is 4.67. The fraction of sp³-hybridized carbons (Fsp3) is 0.688. The number of rotatable bonds is 4. The molecule has 0 bridgehead atoms. The molecule has 1 aromatic rings. The van der Waals surface area contributed by atoms with Crippen molar-refractivity contribution in [3.63, 3.8) is 0 Å². The first kappa shape index (κ1) is 14.6. The normalized spacial score (nSPS) is 18.5. The van der Waals surface area contributed by atoms with E-state index in [4.69, 9.17) is 0 Å². The van der Waals surface area contributed by atoms with Crippen LogP contribution in [0, 0.1) is 11.3 Å². The lowest BCUT2D eigenvalue weighted by atomic mass is 9.91. The number of thiophene rings is 1. The molecule has 1 aliphatic rings. The van der Waals surface area contributed by atoms with Gasteiger partial charge in [0.25, 0.3) is 0 Å². The fourth-order valence-electron chi connectivity index (χ4n) is 2.89. The Morgan fingerprint density at radius 3 is 2.63 bits per heavy atom. The van der Waals surface area contributed by atoms with Crippen molar-refractivity contribution >= 4 is 17.2 Å². The van der Waals surface area contributed by atoms with Crippen LogP contribution >= 0.6 is 11.3 Å². The van der Waals surface area contributed by atoms with E-state index < -0.39 is 0 Å². The molecule has 0 saturated heterocycles. The second-order valence-electron chi connectivity index (χ2n) is 6.84. The Balaban J connectivity index is 2.04. The molecule has 3 heteroatoms. The highest BCUT2D eigenvalue weighted by molar-refractivity contribution is 7.10. The van der Waals surface area contributed by atoms with Crippen LogP contribution in [-0.2, 0) is 4.79 Å². The maximum absolute atomic E-state index is 12.2. The molecule has 106 valence electrons. The van der Waals surface area contributed by atoms with E-state index in [0.717, 1.165) is 0 Å². The third-order valence-corrected chi connectivity index (χ3v) is 4.68. The zero-order valence-corrected chi connectivity index (χ0v) is 13.1. The van der Waals surface area contributed by atoms with Gasteiger partial charge in [-0.25, -0.2) is 0 Å². The van der Waals surface area contributed by atoms with E-state index >= 15 is 0 Å². The molecule has 1 amide bonds. The van der Waals surface area contributed by atoms with Crippen LogP contribution < -0.4 is 5.32 Å². The summed E-state index contributed by atoms with van der Waals surface area (Å²) in [4.78, 5) is 13.5. The summed E-state index contributed by atoms with van der Waals surface area (Å²) in [5.41, 5.74) is 0.0553. The first-order valence-electron chi connectivity index (χ1n) is 7.28. The first-order valence-corrected chi connectivity index (χ1v) is 8.16. The van der Waals surface area contributed by atoms with Crippen LogP contribution in [0.25, 0.3) is 0 Å². The monoisotopic (exact) mass is 279 g/mol. The Morgan fingerprint density at radius 2 is 2.11 bits per heavy atom. The van der Waals surface area contributed by atoms with Crippen LogP contribution in [0.5, 0.6) is 0 Å². The number of nitrogens with one attached hydrogen (secondary N) is 1. The third kappa shape index (κ3) is 4.34. The predicted molar refractivity (Wildman–Crippen MR) is 81.2 cm³/mol. The van der Waals surface area contributed by atoms with Gasteiger partial charge in [0.2, 0.25) is 5.91 Å². The van der Waals surface area contributed by atoms with Gasteiger partial charge in [0.05, 0.1) is 6.04 Å². The largest absolute Gasteiger partial charge is 0.348 e. The molecule has 1 aliphatic carbocycles. The molecule has 19 heavy (non-hydrogen) atoms. The molecule has 1 atom stereocenters. The standard InChI is InChI=1S/C16H25NOS/c1-16(2,3)11-14(18)17-15(12-7-4-5-8-12)13-9-6-10-19-13/h6,9-10,12,15H,4-5,7-8,11H2,1-3H3,(H,17,18)/t15-/m0/s1. The zero-order valence-electron chi connectivity index (χ0n) is 12.2. The Hall–Kier alpha value is -0.830. The van der Waals surface area contributed by atoms with Gasteiger partial charge in [0.1, 0.15) is 0 Å². The zero-order chi connectivity index (χ0) is 13.9. The fourth-order valence-corrected chi connectivity index (χ4v) is 3.76. The van der Waals surface area contributed by atoms with Crippen LogP contribution in [0.4, 0.5) is 0 Å². The summed E-state index contributed by atoms with van der Waals surface area (Å²) in [5.74, 6) is 0.820. The molecular weight excluding hydrogens is 254 g/mol. The molecule has 0 spiro atoms. The van der Waals surface area contributed by atoms with E-state index in [1.54, 1.807) is 11.3 Å². The molecule has 1 aromatic heterocycles. The predicted octanol–water partition coefficient (Wildman–Crippen LogP) is 4.53. The topological polar surface area (TPSA) is 29.1 Å². The summed E-state index contributed by atoms with van der Waals surface area (Å²) in [5, 5.41) is 5.39. The van der Waals surface area contributed by atoms with Gasteiger partial charge in [-0.05, 0) is 35.6 Å². The van der Waals surface area contributed by atoms with Crippen molar-refractivity contribution in [3.8, 4) is 0 Å². The van der Waals surface area contributed by atoms with E-state index in [9.17, 15) is 4.79 Å². The average molecular weight is 279 g/mol. The van der Waals surface area contributed by atoms with Crippen LogP contribution in [-0.4, -0.2) is 5.91 Å². The van der Waals surface area contributed by atoms with Crippen molar-refractivity contribution < 1.29 is 4.79 Å². The van der Waals surface area contributed by atoms with Crippen molar-refractivity contribution in [3.05, 3.63) is 22.4 Å². The molecule has 1 fully saturated rings. The Morgan fingerprint density at radius 1 is 1.42 bits per heavy atom. The summed E-state index contributed by atoms with van der Waals surface area (Å²) in [6.45, 7) is 6.34. The number of carbonyl (C=O) groups is 1. The minimum atomic E-state index is 0.0553. The third-order valence-electron chi connectivity index (χ3n) is 3.73. The van der Waals surface area contributed by atoms with Crippen molar-refractivity contribution in [1.82, 2.24) is 5.32 Å². The number of amides is 1. The summed E-state index contributed by atoms with van der Waals surface area (Å²) in [6.07, 6.45) is 5.71. The van der Waals surface area contributed by atoms with E-state index in [-0.39, 0.29) is 17.4 Å². The molecule has 0 unspecified atom stereocenters. The molecule has 2 rings (SSSR count). The number of hydrogen-bond donors (Lipinski definition) is 1. The number of hydrogen-bond acceptors (Lipinski definition) is 2. The summed E-state index contributed by atoms with van der Waals surface area (Å²) in [6, 6.07) is 4.47. The van der Waals surface area contributed by atoms with Crippen molar-refractivity contribution in [2.75, 3.05) is 0 Å². The van der Waals surface area contributed by atoms with E-state index in [0.29, 0.717) is 12.3 Å². The molecule has 2 nitrogen and oxygen atoms in total. The van der Waals surface area contributed by atoms with Gasteiger partial charge in [-0.1, -0.05) is 39.7 Å². The van der Waals surface area contributed by atoms with Crippen molar-refractivity contribution in [2.24, 2.45) is 11.3 Å². The highest BCUT2D eigenvalue weighted by Gasteiger charge is 2.29. The lowest BCUT2D eigenvalue weighted by Crippen LogP contribution is -2.34. The molecule has 0 radical (unpaired) electrons. The summed E-state index contributed by atoms with van der Waals surface area (Å²) < 4.78 is 0. The molecule has 0 aromatic carbocycles. The Labute approximate surface area is 120 Å². The highest BCUT2D eigenvalue weighted by Crippen LogP contribution is 2.37. The second-order valence-corrected chi connectivity index (χ2v) is 7.82. The van der Waals surface area contributed by atoms with Gasteiger partial charge < -0.3 is 5.32 Å². The maximum Gasteiger partial charge on any atom is 0.221 e. The molecule has 1 N–H and O–H groups in total. The lowest BCUT2D eigenvalue weighted by Gasteiger charge is -2.26. The van der Waals surface area contributed by atoms with E-state index in [1.807, 2.05) is 0 Å². The second kappa shape index (κ2) is 6.08. The van der Waals surface area contributed by atoms with Gasteiger partial charge in [0.15, 0.2) is 0 Å². The SMILES string of the molecule is CC(C)(C)CC(=O)N[C@H](c1cccs1)C1CCCC1. The van der Waals surface area contributed by atoms with Crippen molar-refractivity contribution in [2.45, 2.75) is 58.9 Å². The molecule has 1 saturated carbocycles. The molecule has 0 aliphatic heterocycles. The van der Waals surface area contributed by atoms with E-state index in [1.165, 1.54) is 30.6 Å². The van der Waals surface area contributed by atoms with Crippen LogP contribution in [0.15, 0.2) is 17.5 Å². The van der Waals surface area contributed by atoms with Gasteiger partial charge >= 0.3 is 0 Å². The maximum atomic E-state index is 12.2. The average Bonchev–Trinajstić information content (AvgIpc) is 2.97. The quantitative estimate of drug-likeness (QED) is 0.862. The molecule has 1 heterocycles. The van der Waals surface area contributed by atoms with Crippen LogP contribution in [0.2, 0.25) is 0 Å². The van der Waals surface area contributed by atoms with Crippen LogP contribution in [0.1, 0.15) is 63.8 Å². The van der Waals surface area contributed by atoms with Crippen molar-refractivity contribution in [1.29, 1.82) is 0 Å². The number of carbonyl (C=O) groups excluding carboxylic acids is 1. The lowest BCUT2D eigenvalue weighted by molar-refractivity contribution is -0.123. The summed E-state index contributed by atoms with van der Waals surface area (Å²) in [7, 11) is 0. The van der Waals surface area contributed by atoms with Gasteiger partial charge in [-0.15, -0.1) is 11.3 Å². The van der Waals surface area contributed by atoms with Gasteiger partial charge in [0, 0.05) is 11.3 Å². The van der Waals surface area contributed by atoms with E-state index in [2.05, 4.69) is 43.6 Å². The highest BCUT2D eigenvalue weighted by atomic mass is 32.1.